The molecule has 8 heteroatoms. The van der Waals surface area contributed by atoms with Gasteiger partial charge in [0.2, 0.25) is 5.54 Å². The van der Waals surface area contributed by atoms with Gasteiger partial charge in [0.25, 0.3) is 11.8 Å². The summed E-state index contributed by atoms with van der Waals surface area (Å²) in [4.78, 5) is 39.6. The van der Waals surface area contributed by atoms with E-state index in [2.05, 4.69) is 10.6 Å². The zero-order chi connectivity index (χ0) is 19.3. The molecule has 27 heavy (non-hydrogen) atoms. The molecule has 1 saturated heterocycles. The maximum Gasteiger partial charge on any atom is 0.326 e. The number of aryl methyl sites for hydroxylation is 1. The Bertz CT molecular complexity index is 1010. The number of methoxy groups -OCH3 is 1. The maximum atomic E-state index is 13.0. The number of fused-ring (bicyclic) bond motifs is 2. The molecule has 2 heterocycles. The van der Waals surface area contributed by atoms with Crippen molar-refractivity contribution in [3.05, 3.63) is 58.1 Å². The molecule has 0 radical (unpaired) electrons. The second-order valence-electron chi connectivity index (χ2n) is 6.51. The number of carbonyl (C=O) groups is 3. The molecular weight excluding hydrogens is 370 g/mol. The molecule has 0 aromatic heterocycles. The van der Waals surface area contributed by atoms with Crippen LogP contribution in [-0.4, -0.2) is 29.9 Å². The average molecular weight is 386 g/mol. The Hall–Kier alpha value is -3.06. The van der Waals surface area contributed by atoms with Crippen molar-refractivity contribution >= 4 is 35.1 Å². The van der Waals surface area contributed by atoms with Crippen LogP contribution in [0.4, 0.5) is 10.5 Å². The van der Waals surface area contributed by atoms with Crippen molar-refractivity contribution in [2.75, 3.05) is 12.4 Å². The second-order valence-corrected chi connectivity index (χ2v) is 6.94. The van der Waals surface area contributed by atoms with Gasteiger partial charge in [-0.25, -0.2) is 4.79 Å². The van der Waals surface area contributed by atoms with Crippen LogP contribution in [0.25, 0.3) is 0 Å². The van der Waals surface area contributed by atoms with Gasteiger partial charge < -0.3 is 10.1 Å². The number of ether oxygens (including phenoxy) is 1. The summed E-state index contributed by atoms with van der Waals surface area (Å²) in [6, 6.07) is 9.71. The summed E-state index contributed by atoms with van der Waals surface area (Å²) < 4.78 is 5.21. The highest BCUT2D eigenvalue weighted by molar-refractivity contribution is 6.32. The predicted molar refractivity (Wildman–Crippen MR) is 98.6 cm³/mol. The molecule has 138 valence electrons. The van der Waals surface area contributed by atoms with Crippen LogP contribution in [0.15, 0.2) is 36.4 Å². The Morgan fingerprint density at radius 1 is 1.11 bits per heavy atom. The number of halogens is 1. The third-order valence-electron chi connectivity index (χ3n) is 4.93. The highest BCUT2D eigenvalue weighted by Crippen LogP contribution is 2.46. The monoisotopic (exact) mass is 385 g/mol. The number of nitrogens with zero attached hydrogens (tertiary/aromatic N) is 1. The van der Waals surface area contributed by atoms with Crippen molar-refractivity contribution in [2.45, 2.75) is 19.0 Å². The van der Waals surface area contributed by atoms with Gasteiger partial charge in [0, 0.05) is 17.1 Å². The van der Waals surface area contributed by atoms with E-state index in [1.165, 1.54) is 12.0 Å². The van der Waals surface area contributed by atoms with Gasteiger partial charge in [-0.05, 0) is 42.3 Å². The Labute approximate surface area is 160 Å². The topological polar surface area (TPSA) is 87.7 Å². The molecule has 7 nitrogen and oxygen atoms in total. The van der Waals surface area contributed by atoms with E-state index < -0.39 is 23.4 Å². The summed E-state index contributed by atoms with van der Waals surface area (Å²) in [5.41, 5.74) is 0.536. The highest BCUT2D eigenvalue weighted by atomic mass is 35.5. The van der Waals surface area contributed by atoms with Crippen LogP contribution in [0, 0.1) is 6.92 Å². The number of benzene rings is 2. The molecule has 0 unspecified atom stereocenters. The number of amides is 4. The van der Waals surface area contributed by atoms with Gasteiger partial charge in [-0.2, -0.15) is 0 Å². The van der Waals surface area contributed by atoms with Crippen LogP contribution in [0.2, 0.25) is 5.02 Å². The normalized spacial score (nSPS) is 20.7. The predicted octanol–water partition coefficient (Wildman–Crippen LogP) is 2.56. The minimum absolute atomic E-state index is 0.0488. The van der Waals surface area contributed by atoms with E-state index in [-0.39, 0.29) is 6.54 Å². The number of hydrogen-bond donors (Lipinski definition) is 2. The summed E-state index contributed by atoms with van der Waals surface area (Å²) in [5.74, 6) is -0.648. The van der Waals surface area contributed by atoms with Crippen molar-refractivity contribution in [1.29, 1.82) is 0 Å². The molecule has 1 fully saturated rings. The first-order chi connectivity index (χ1) is 12.9. The molecular formula is C19H16ClN3O4. The zero-order valence-corrected chi connectivity index (χ0v) is 15.4. The van der Waals surface area contributed by atoms with E-state index in [0.29, 0.717) is 22.0 Å². The standard InChI is InChI=1S/C19H16ClN3O4/c1-10-6-12(20)8-14-15(10)21-16(24)19(14)17(25)22-18(26)23(19)9-11-4-3-5-13(7-11)27-2/h3-8H,9H2,1-2H3,(H,21,24)(H,22,25,26)/t19-/m1/s1. The molecule has 1 atom stereocenters. The van der Waals surface area contributed by atoms with Crippen molar-refractivity contribution in [3.8, 4) is 5.75 Å². The Kier molecular flexibility index (Phi) is 3.85. The maximum absolute atomic E-state index is 13.0. The first kappa shape index (κ1) is 17.4. The molecule has 1 spiro atoms. The summed E-state index contributed by atoms with van der Waals surface area (Å²) in [5, 5.41) is 5.39. The largest absolute Gasteiger partial charge is 0.497 e. The van der Waals surface area contributed by atoms with E-state index in [1.54, 1.807) is 43.3 Å². The quantitative estimate of drug-likeness (QED) is 0.628. The lowest BCUT2D eigenvalue weighted by atomic mass is 9.88. The van der Waals surface area contributed by atoms with Crippen LogP contribution >= 0.6 is 11.6 Å². The summed E-state index contributed by atoms with van der Waals surface area (Å²) in [7, 11) is 1.54. The second kappa shape index (κ2) is 5.99. The van der Waals surface area contributed by atoms with Gasteiger partial charge >= 0.3 is 6.03 Å². The zero-order valence-electron chi connectivity index (χ0n) is 14.6. The number of carbonyl (C=O) groups excluding carboxylic acids is 3. The summed E-state index contributed by atoms with van der Waals surface area (Å²) >= 11 is 6.18. The number of rotatable bonds is 3. The minimum atomic E-state index is -1.79. The van der Waals surface area contributed by atoms with E-state index in [0.717, 1.165) is 11.1 Å². The van der Waals surface area contributed by atoms with Gasteiger partial charge in [0.15, 0.2) is 0 Å². The van der Waals surface area contributed by atoms with E-state index >= 15 is 0 Å². The summed E-state index contributed by atoms with van der Waals surface area (Å²) in [6.07, 6.45) is 0. The molecule has 2 aromatic rings. The van der Waals surface area contributed by atoms with Gasteiger partial charge in [0.05, 0.1) is 12.8 Å². The van der Waals surface area contributed by atoms with E-state index in [9.17, 15) is 14.4 Å². The van der Waals surface area contributed by atoms with Crippen molar-refractivity contribution < 1.29 is 19.1 Å². The fourth-order valence-electron chi connectivity index (χ4n) is 3.69. The molecule has 0 aliphatic carbocycles. The van der Waals surface area contributed by atoms with Crippen LogP contribution < -0.4 is 15.4 Å². The van der Waals surface area contributed by atoms with Gasteiger partial charge in [-0.15, -0.1) is 0 Å². The van der Waals surface area contributed by atoms with Crippen LogP contribution in [0.1, 0.15) is 16.7 Å². The van der Waals surface area contributed by atoms with Gasteiger partial charge in [-0.1, -0.05) is 23.7 Å². The SMILES string of the molecule is COc1cccc(CN2C(=O)NC(=O)[C@@]23C(=O)Nc2c(C)cc(Cl)cc23)c1. The fraction of sp³-hybridized carbons (Fsp3) is 0.211. The highest BCUT2D eigenvalue weighted by Gasteiger charge is 2.63. The molecule has 0 saturated carbocycles. The average Bonchev–Trinajstić information content (AvgIpc) is 3.05. The molecule has 2 aliphatic heterocycles. The number of imide groups is 1. The van der Waals surface area contributed by atoms with Crippen molar-refractivity contribution in [3.63, 3.8) is 0 Å². The van der Waals surface area contributed by atoms with Crippen molar-refractivity contribution in [1.82, 2.24) is 10.2 Å². The first-order valence-electron chi connectivity index (χ1n) is 8.26. The molecule has 4 amide bonds. The molecule has 4 rings (SSSR count). The number of nitrogens with one attached hydrogen (secondary N) is 2. The lowest BCUT2D eigenvalue weighted by Crippen LogP contribution is -2.51. The number of hydrogen-bond acceptors (Lipinski definition) is 4. The van der Waals surface area contributed by atoms with E-state index in [1.807, 2.05) is 0 Å². The Morgan fingerprint density at radius 3 is 2.59 bits per heavy atom. The minimum Gasteiger partial charge on any atom is -0.497 e. The summed E-state index contributed by atoms with van der Waals surface area (Å²) in [6.45, 7) is 1.83. The Balaban J connectivity index is 1.86. The Morgan fingerprint density at radius 2 is 1.85 bits per heavy atom. The number of anilines is 1. The lowest BCUT2D eigenvalue weighted by molar-refractivity contribution is -0.137. The van der Waals surface area contributed by atoms with Gasteiger partial charge in [-0.3, -0.25) is 19.8 Å². The fourth-order valence-corrected chi connectivity index (χ4v) is 3.96. The van der Waals surface area contributed by atoms with Crippen LogP contribution in [-0.2, 0) is 21.7 Å². The molecule has 2 aliphatic rings. The van der Waals surface area contributed by atoms with E-state index in [4.69, 9.17) is 16.3 Å². The van der Waals surface area contributed by atoms with Gasteiger partial charge in [0.1, 0.15) is 5.75 Å². The molecule has 0 bridgehead atoms. The van der Waals surface area contributed by atoms with Crippen LogP contribution in [0.3, 0.4) is 0 Å². The molecule has 2 aromatic carbocycles. The molecule has 2 N–H and O–H groups in total. The smallest absolute Gasteiger partial charge is 0.326 e. The van der Waals surface area contributed by atoms with Crippen molar-refractivity contribution in [2.24, 2.45) is 0 Å². The number of urea groups is 1. The third-order valence-corrected chi connectivity index (χ3v) is 5.15. The third kappa shape index (κ3) is 2.39. The first-order valence-corrected chi connectivity index (χ1v) is 8.63. The van der Waals surface area contributed by atoms with Crippen LogP contribution in [0.5, 0.6) is 5.75 Å². The lowest BCUT2D eigenvalue weighted by Gasteiger charge is -2.30.